The van der Waals surface area contributed by atoms with Crippen LogP contribution in [0.1, 0.15) is 25.7 Å². The lowest BCUT2D eigenvalue weighted by Crippen LogP contribution is -1.86. The third-order valence-electron chi connectivity index (χ3n) is 2.28. The predicted octanol–water partition coefficient (Wildman–Crippen LogP) is 6.33. The van der Waals surface area contributed by atoms with E-state index in [2.05, 4.69) is 50.2 Å². The molecule has 1 unspecified atom stereocenters. The van der Waals surface area contributed by atoms with Crippen LogP contribution in [-0.4, -0.2) is 0 Å². The molecule has 2 rings (SSSR count). The van der Waals surface area contributed by atoms with Crippen molar-refractivity contribution >= 4 is 66.1 Å². The quantitative estimate of drug-likeness (QED) is 0.517. The Balaban J connectivity index is 2.38. The van der Waals surface area contributed by atoms with Crippen LogP contribution in [0.2, 0.25) is 5.02 Å². The first-order valence-electron chi connectivity index (χ1n) is 4.64. The Morgan fingerprint density at radius 3 is 2.44 bits per heavy atom. The highest BCUT2D eigenvalue weighted by Gasteiger charge is 2.19. The Bertz CT molecular complexity index is 497. The van der Waals surface area contributed by atoms with Gasteiger partial charge in [-0.05, 0) is 52.4 Å². The number of alkyl halides is 1. The Kier molecular flexibility index (Phi) is 4.18. The van der Waals surface area contributed by atoms with Gasteiger partial charge in [-0.25, -0.2) is 0 Å². The van der Waals surface area contributed by atoms with Crippen LogP contribution in [0.5, 0.6) is 0 Å². The molecule has 0 aliphatic rings. The van der Waals surface area contributed by atoms with E-state index < -0.39 is 0 Å². The van der Waals surface area contributed by atoms with Gasteiger partial charge in [0.2, 0.25) is 0 Å². The summed E-state index contributed by atoms with van der Waals surface area (Å²) >= 11 is 17.0. The van der Waals surface area contributed by atoms with E-state index in [9.17, 15) is 0 Å². The van der Waals surface area contributed by atoms with Crippen molar-refractivity contribution in [3.63, 3.8) is 0 Å². The molecule has 2 heterocycles. The van der Waals surface area contributed by atoms with Crippen LogP contribution < -0.4 is 0 Å². The minimum atomic E-state index is 0.202. The SMILES string of the molecule is Cc1cc(C(Br)c2scc(C)c2Cl)sc1Br. The average molecular weight is 401 g/mol. The zero-order chi connectivity index (χ0) is 11.9. The molecular weight excluding hydrogens is 392 g/mol. The van der Waals surface area contributed by atoms with Gasteiger partial charge >= 0.3 is 0 Å². The molecule has 0 bridgehead atoms. The summed E-state index contributed by atoms with van der Waals surface area (Å²) in [5, 5.41) is 2.98. The highest BCUT2D eigenvalue weighted by Crippen LogP contribution is 2.44. The van der Waals surface area contributed by atoms with E-state index in [1.807, 2.05) is 6.92 Å². The number of hydrogen-bond acceptors (Lipinski definition) is 2. The molecule has 2 aromatic heterocycles. The van der Waals surface area contributed by atoms with Crippen molar-refractivity contribution in [3.05, 3.63) is 41.1 Å². The summed E-state index contributed by atoms with van der Waals surface area (Å²) in [6.07, 6.45) is 0. The second kappa shape index (κ2) is 5.11. The maximum atomic E-state index is 6.27. The Morgan fingerprint density at radius 2 is 2.00 bits per heavy atom. The molecule has 1 atom stereocenters. The number of rotatable bonds is 2. The lowest BCUT2D eigenvalue weighted by molar-refractivity contribution is 1.27. The Morgan fingerprint density at radius 1 is 1.31 bits per heavy atom. The van der Waals surface area contributed by atoms with Crippen LogP contribution in [-0.2, 0) is 0 Å². The van der Waals surface area contributed by atoms with E-state index in [4.69, 9.17) is 11.6 Å². The third-order valence-corrected chi connectivity index (χ3v) is 7.82. The standard InChI is InChI=1S/C11H9Br2ClS2/c1-5-3-7(16-11(5)13)8(12)10-9(14)6(2)4-15-10/h3-4,8H,1-2H3. The number of hydrogen-bond donors (Lipinski definition) is 0. The minimum absolute atomic E-state index is 0.202. The average Bonchev–Trinajstić information content (AvgIpc) is 2.73. The van der Waals surface area contributed by atoms with Gasteiger partial charge in [0.25, 0.3) is 0 Å². The van der Waals surface area contributed by atoms with Crippen molar-refractivity contribution < 1.29 is 0 Å². The lowest BCUT2D eigenvalue weighted by atomic mass is 10.2. The molecule has 0 nitrogen and oxygen atoms in total. The Labute approximate surface area is 125 Å². The van der Waals surface area contributed by atoms with Gasteiger partial charge in [0.15, 0.2) is 0 Å². The van der Waals surface area contributed by atoms with Gasteiger partial charge < -0.3 is 0 Å². The van der Waals surface area contributed by atoms with Gasteiger partial charge in [0.05, 0.1) is 13.6 Å². The minimum Gasteiger partial charge on any atom is -0.145 e. The zero-order valence-corrected chi connectivity index (χ0v) is 14.2. The summed E-state index contributed by atoms with van der Waals surface area (Å²) in [6, 6.07) is 2.19. The van der Waals surface area contributed by atoms with Crippen molar-refractivity contribution in [3.8, 4) is 0 Å². The van der Waals surface area contributed by atoms with Crippen LogP contribution in [0.25, 0.3) is 0 Å². The van der Waals surface area contributed by atoms with E-state index in [1.54, 1.807) is 22.7 Å². The van der Waals surface area contributed by atoms with Crippen molar-refractivity contribution in [1.29, 1.82) is 0 Å². The van der Waals surface area contributed by atoms with Crippen molar-refractivity contribution in [2.24, 2.45) is 0 Å². The maximum absolute atomic E-state index is 6.27. The van der Waals surface area contributed by atoms with Gasteiger partial charge in [-0.1, -0.05) is 27.5 Å². The van der Waals surface area contributed by atoms with E-state index in [0.717, 1.165) is 10.6 Å². The van der Waals surface area contributed by atoms with Crippen LogP contribution in [0.15, 0.2) is 15.2 Å². The van der Waals surface area contributed by atoms with Crippen molar-refractivity contribution in [1.82, 2.24) is 0 Å². The molecule has 2 aromatic rings. The molecule has 5 heteroatoms. The van der Waals surface area contributed by atoms with E-state index in [-0.39, 0.29) is 4.83 Å². The normalized spacial score (nSPS) is 13.1. The van der Waals surface area contributed by atoms with Gasteiger partial charge in [-0.3, -0.25) is 0 Å². The summed E-state index contributed by atoms with van der Waals surface area (Å²) in [5.41, 5.74) is 2.42. The highest BCUT2D eigenvalue weighted by atomic mass is 79.9. The molecule has 0 spiro atoms. The molecular formula is C11H9Br2ClS2. The molecule has 86 valence electrons. The third kappa shape index (κ3) is 2.41. The summed E-state index contributed by atoms with van der Waals surface area (Å²) in [6.45, 7) is 4.14. The molecule has 0 radical (unpaired) electrons. The molecule has 16 heavy (non-hydrogen) atoms. The summed E-state index contributed by atoms with van der Waals surface area (Å²) in [4.78, 5) is 2.68. The largest absolute Gasteiger partial charge is 0.145 e. The van der Waals surface area contributed by atoms with E-state index >= 15 is 0 Å². The summed E-state index contributed by atoms with van der Waals surface area (Å²) in [5.74, 6) is 0. The van der Waals surface area contributed by atoms with Crippen molar-refractivity contribution in [2.75, 3.05) is 0 Å². The van der Waals surface area contributed by atoms with Gasteiger partial charge in [-0.2, -0.15) is 0 Å². The fourth-order valence-corrected chi connectivity index (χ4v) is 5.38. The summed E-state index contributed by atoms with van der Waals surface area (Å²) in [7, 11) is 0. The van der Waals surface area contributed by atoms with Crippen LogP contribution in [0.3, 0.4) is 0 Å². The first kappa shape index (κ1) is 13.1. The van der Waals surface area contributed by atoms with Gasteiger partial charge in [0, 0.05) is 9.75 Å². The van der Waals surface area contributed by atoms with Crippen LogP contribution >= 0.6 is 66.1 Å². The zero-order valence-electron chi connectivity index (χ0n) is 8.68. The second-order valence-electron chi connectivity index (χ2n) is 3.56. The van der Waals surface area contributed by atoms with E-state index in [0.29, 0.717) is 0 Å². The molecule has 0 saturated carbocycles. The topological polar surface area (TPSA) is 0 Å². The molecule has 0 aliphatic heterocycles. The van der Waals surface area contributed by atoms with Gasteiger partial charge in [-0.15, -0.1) is 22.7 Å². The smallest absolute Gasteiger partial charge is 0.0846 e. The molecule has 0 amide bonds. The second-order valence-corrected chi connectivity index (χ2v) is 8.17. The highest BCUT2D eigenvalue weighted by molar-refractivity contribution is 9.11. The van der Waals surface area contributed by atoms with Crippen LogP contribution in [0.4, 0.5) is 0 Å². The first-order valence-corrected chi connectivity index (χ1v) is 8.42. The van der Waals surface area contributed by atoms with Crippen molar-refractivity contribution in [2.45, 2.75) is 18.7 Å². The summed E-state index contributed by atoms with van der Waals surface area (Å²) < 4.78 is 1.19. The molecule has 0 aromatic carbocycles. The number of thiophene rings is 2. The molecule has 0 N–H and O–H groups in total. The number of aryl methyl sites for hydroxylation is 2. The predicted molar refractivity (Wildman–Crippen MR) is 81.6 cm³/mol. The molecule has 0 saturated heterocycles. The first-order chi connectivity index (χ1) is 7.50. The fourth-order valence-electron chi connectivity index (χ4n) is 1.36. The van der Waals surface area contributed by atoms with Gasteiger partial charge in [0.1, 0.15) is 0 Å². The number of halogens is 3. The molecule has 0 aliphatic carbocycles. The lowest BCUT2D eigenvalue weighted by Gasteiger charge is -2.05. The van der Waals surface area contributed by atoms with Crippen LogP contribution in [0, 0.1) is 13.8 Å². The van der Waals surface area contributed by atoms with E-state index in [1.165, 1.54) is 19.1 Å². The maximum Gasteiger partial charge on any atom is 0.0846 e. The monoisotopic (exact) mass is 398 g/mol. The molecule has 0 fully saturated rings. The Hall–Kier alpha value is 0.650. The fraction of sp³-hybridized carbons (Fsp3) is 0.273.